The van der Waals surface area contributed by atoms with Crippen molar-refractivity contribution in [3.63, 3.8) is 0 Å². The van der Waals surface area contributed by atoms with Gasteiger partial charge in [-0.1, -0.05) is 48.5 Å². The predicted molar refractivity (Wildman–Crippen MR) is 83.7 cm³/mol. The minimum atomic E-state index is -4.13. The highest BCUT2D eigenvalue weighted by Gasteiger charge is 2.27. The maximum Gasteiger partial charge on any atom is 0.322 e. The molecule has 120 valence electrons. The van der Waals surface area contributed by atoms with E-state index in [1.807, 2.05) is 0 Å². The highest BCUT2D eigenvalue weighted by molar-refractivity contribution is 7.89. The first-order chi connectivity index (χ1) is 10.9. The molecule has 2 aromatic rings. The van der Waals surface area contributed by atoms with Gasteiger partial charge >= 0.3 is 5.97 Å². The molecule has 0 radical (unpaired) electrons. The van der Waals surface area contributed by atoms with E-state index in [4.69, 9.17) is 0 Å². The van der Waals surface area contributed by atoms with Crippen LogP contribution in [0.2, 0.25) is 0 Å². The van der Waals surface area contributed by atoms with Gasteiger partial charge in [-0.3, -0.25) is 9.59 Å². The number of carbonyl (C=O) groups is 2. The number of aldehydes is 1. The molecule has 2 rings (SSSR count). The Morgan fingerprint density at radius 3 is 2.30 bits per heavy atom. The topological polar surface area (TPSA) is 101 Å². The number of carbonyl (C=O) groups excluding carboxylic acids is 1. The van der Waals surface area contributed by atoms with Crippen LogP contribution >= 0.6 is 0 Å². The molecule has 0 aliphatic rings. The molecule has 0 aromatic heterocycles. The lowest BCUT2D eigenvalue weighted by molar-refractivity contribution is -0.138. The van der Waals surface area contributed by atoms with Gasteiger partial charge in [0.1, 0.15) is 6.04 Å². The van der Waals surface area contributed by atoms with Crippen LogP contribution in [0, 0.1) is 0 Å². The number of sulfonamides is 1. The van der Waals surface area contributed by atoms with Crippen molar-refractivity contribution in [3.8, 4) is 0 Å². The van der Waals surface area contributed by atoms with Crippen LogP contribution in [0.15, 0.2) is 59.5 Å². The molecule has 0 spiro atoms. The zero-order valence-electron chi connectivity index (χ0n) is 12.0. The van der Waals surface area contributed by atoms with Crippen molar-refractivity contribution in [2.24, 2.45) is 0 Å². The Morgan fingerprint density at radius 2 is 1.70 bits per heavy atom. The number of carboxylic acid groups (broad SMARTS) is 1. The number of nitrogens with one attached hydrogen (secondary N) is 1. The van der Waals surface area contributed by atoms with Crippen LogP contribution in [0.4, 0.5) is 0 Å². The van der Waals surface area contributed by atoms with Crippen molar-refractivity contribution in [2.75, 3.05) is 0 Å². The molecule has 0 fully saturated rings. The minimum absolute atomic E-state index is 0.00133. The lowest BCUT2D eigenvalue weighted by Gasteiger charge is -2.15. The van der Waals surface area contributed by atoms with E-state index in [0.717, 1.165) is 0 Å². The molecule has 2 N–H and O–H groups in total. The van der Waals surface area contributed by atoms with Crippen LogP contribution in [-0.4, -0.2) is 31.8 Å². The van der Waals surface area contributed by atoms with Crippen LogP contribution in [0.5, 0.6) is 0 Å². The van der Waals surface area contributed by atoms with Crippen molar-refractivity contribution in [1.82, 2.24) is 4.72 Å². The second-order valence-corrected chi connectivity index (χ2v) is 6.54. The number of aliphatic carboxylic acids is 1. The first-order valence-electron chi connectivity index (χ1n) is 6.77. The van der Waals surface area contributed by atoms with Gasteiger partial charge in [0.2, 0.25) is 10.0 Å². The summed E-state index contributed by atoms with van der Waals surface area (Å²) in [5, 5.41) is 9.27. The maximum absolute atomic E-state index is 12.4. The SMILES string of the molecule is O=Cc1ccccc1S(=O)(=O)NC(Cc1ccccc1)C(=O)O. The fourth-order valence-corrected chi connectivity index (χ4v) is 3.47. The van der Waals surface area contributed by atoms with Gasteiger partial charge in [-0.25, -0.2) is 8.42 Å². The van der Waals surface area contributed by atoms with E-state index < -0.39 is 22.0 Å². The van der Waals surface area contributed by atoms with E-state index in [0.29, 0.717) is 11.8 Å². The smallest absolute Gasteiger partial charge is 0.322 e. The second kappa shape index (κ2) is 7.17. The fraction of sp³-hybridized carbons (Fsp3) is 0.125. The third-order valence-electron chi connectivity index (χ3n) is 3.21. The van der Waals surface area contributed by atoms with Gasteiger partial charge in [0.25, 0.3) is 0 Å². The Balaban J connectivity index is 2.28. The Labute approximate surface area is 133 Å². The summed E-state index contributed by atoms with van der Waals surface area (Å²) in [6, 6.07) is 13.0. The fourth-order valence-electron chi connectivity index (χ4n) is 2.10. The first-order valence-corrected chi connectivity index (χ1v) is 8.25. The van der Waals surface area contributed by atoms with Gasteiger partial charge in [-0.05, 0) is 18.1 Å². The largest absolute Gasteiger partial charge is 0.480 e. The van der Waals surface area contributed by atoms with Crippen LogP contribution in [0.3, 0.4) is 0 Å². The summed E-state index contributed by atoms with van der Waals surface area (Å²) in [6.45, 7) is 0. The minimum Gasteiger partial charge on any atom is -0.480 e. The lowest BCUT2D eigenvalue weighted by atomic mass is 10.1. The van der Waals surface area contributed by atoms with E-state index in [9.17, 15) is 23.1 Å². The highest BCUT2D eigenvalue weighted by Crippen LogP contribution is 2.15. The molecule has 6 nitrogen and oxygen atoms in total. The maximum atomic E-state index is 12.4. The van der Waals surface area contributed by atoms with Gasteiger partial charge in [-0.2, -0.15) is 4.72 Å². The standard InChI is InChI=1S/C16H15NO5S/c18-11-13-8-4-5-9-15(13)23(21,22)17-14(16(19)20)10-12-6-2-1-3-7-12/h1-9,11,14,17H,10H2,(H,19,20). The Bertz CT molecular complexity index is 802. The summed E-state index contributed by atoms with van der Waals surface area (Å²) in [4.78, 5) is 22.1. The first kappa shape index (κ1) is 16.9. The number of benzene rings is 2. The Morgan fingerprint density at radius 1 is 1.09 bits per heavy atom. The normalized spacial score (nSPS) is 12.5. The van der Waals surface area contributed by atoms with E-state index in [2.05, 4.69) is 4.72 Å². The van der Waals surface area contributed by atoms with Crippen molar-refractivity contribution >= 4 is 22.3 Å². The molecule has 0 heterocycles. The third-order valence-corrected chi connectivity index (χ3v) is 4.76. The van der Waals surface area contributed by atoms with E-state index in [1.165, 1.54) is 24.3 Å². The van der Waals surface area contributed by atoms with Crippen molar-refractivity contribution < 1.29 is 23.1 Å². The molecular formula is C16H15NO5S. The zero-order chi connectivity index (χ0) is 16.9. The molecule has 0 amide bonds. The molecule has 2 aromatic carbocycles. The summed E-state index contributed by atoms with van der Waals surface area (Å²) in [7, 11) is -4.13. The highest BCUT2D eigenvalue weighted by atomic mass is 32.2. The molecule has 7 heteroatoms. The van der Waals surface area contributed by atoms with Gasteiger partial charge in [-0.15, -0.1) is 0 Å². The molecule has 0 saturated heterocycles. The molecule has 1 unspecified atom stereocenters. The average molecular weight is 333 g/mol. The van der Waals surface area contributed by atoms with Gasteiger partial charge in [0.05, 0.1) is 4.90 Å². The summed E-state index contributed by atoms with van der Waals surface area (Å²) in [5.74, 6) is -1.29. The monoisotopic (exact) mass is 333 g/mol. The number of carboxylic acids is 1. The van der Waals surface area contributed by atoms with Crippen LogP contribution in [0.25, 0.3) is 0 Å². The predicted octanol–water partition coefficient (Wildman–Crippen LogP) is 1.47. The molecule has 1 atom stereocenters. The summed E-state index contributed by atoms with van der Waals surface area (Å²) in [6.07, 6.45) is 0.417. The molecule has 0 aliphatic carbocycles. The third kappa shape index (κ3) is 4.24. The number of rotatable bonds is 7. The van der Waals surface area contributed by atoms with E-state index in [-0.39, 0.29) is 16.9 Å². The molecular weight excluding hydrogens is 318 g/mol. The van der Waals surface area contributed by atoms with E-state index in [1.54, 1.807) is 30.3 Å². The van der Waals surface area contributed by atoms with Gasteiger partial charge in [0, 0.05) is 5.56 Å². The summed E-state index contributed by atoms with van der Waals surface area (Å²) >= 11 is 0. The van der Waals surface area contributed by atoms with Crippen LogP contribution in [-0.2, 0) is 21.2 Å². The number of hydrogen-bond acceptors (Lipinski definition) is 4. The zero-order valence-corrected chi connectivity index (χ0v) is 12.9. The van der Waals surface area contributed by atoms with Crippen molar-refractivity contribution in [1.29, 1.82) is 0 Å². The van der Waals surface area contributed by atoms with Crippen molar-refractivity contribution in [3.05, 3.63) is 65.7 Å². The summed E-state index contributed by atoms with van der Waals surface area (Å²) < 4.78 is 26.9. The van der Waals surface area contributed by atoms with Crippen molar-refractivity contribution in [2.45, 2.75) is 17.4 Å². The Hall–Kier alpha value is -2.51. The number of hydrogen-bond donors (Lipinski definition) is 2. The molecule has 23 heavy (non-hydrogen) atoms. The molecule has 0 bridgehead atoms. The summed E-state index contributed by atoms with van der Waals surface area (Å²) in [5.41, 5.74) is 0.662. The van der Waals surface area contributed by atoms with E-state index >= 15 is 0 Å². The lowest BCUT2D eigenvalue weighted by Crippen LogP contribution is -2.42. The van der Waals surface area contributed by atoms with Crippen LogP contribution < -0.4 is 4.72 Å². The molecule has 0 saturated carbocycles. The Kier molecular flexibility index (Phi) is 5.25. The quantitative estimate of drug-likeness (QED) is 0.747. The second-order valence-electron chi connectivity index (χ2n) is 4.86. The van der Waals surface area contributed by atoms with Gasteiger partial charge < -0.3 is 5.11 Å². The van der Waals surface area contributed by atoms with Gasteiger partial charge in [0.15, 0.2) is 6.29 Å². The average Bonchev–Trinajstić information content (AvgIpc) is 2.55. The molecule has 0 aliphatic heterocycles. The van der Waals surface area contributed by atoms with Crippen LogP contribution in [0.1, 0.15) is 15.9 Å².